The SMILES string of the molecule is C=CC(=O)N1CCN(c2nc(OCC3CC(F)CN3C)nc3c2CC(CC)C(c2c(F)c(N)cc(C)c2C(F)(F)F)C3)C(C)C1. The highest BCUT2D eigenvalue weighted by molar-refractivity contribution is 5.87. The Morgan fingerprint density at radius 3 is 2.56 bits per heavy atom. The second-order valence-corrected chi connectivity index (χ2v) is 12.6. The zero-order chi connectivity index (χ0) is 32.8. The highest BCUT2D eigenvalue weighted by Gasteiger charge is 2.44. The number of likely N-dealkylation sites (tertiary alicyclic amines) is 1. The van der Waals surface area contributed by atoms with Crippen molar-refractivity contribution < 1.29 is 31.5 Å². The molecule has 3 heterocycles. The van der Waals surface area contributed by atoms with Crippen molar-refractivity contribution in [2.75, 3.05) is 50.5 Å². The predicted octanol–water partition coefficient (Wildman–Crippen LogP) is 5.08. The third-order valence-corrected chi connectivity index (χ3v) is 9.63. The van der Waals surface area contributed by atoms with Crippen molar-refractivity contribution in [1.29, 1.82) is 0 Å². The van der Waals surface area contributed by atoms with E-state index in [2.05, 4.69) is 16.5 Å². The van der Waals surface area contributed by atoms with Gasteiger partial charge < -0.3 is 20.3 Å². The van der Waals surface area contributed by atoms with Crippen LogP contribution in [0.25, 0.3) is 0 Å². The molecular formula is C32H41F5N6O2. The molecule has 5 atom stereocenters. The number of fused-ring (bicyclic) bond motifs is 1. The van der Waals surface area contributed by atoms with E-state index in [0.29, 0.717) is 57.0 Å². The molecule has 2 aliphatic heterocycles. The maximum atomic E-state index is 15.7. The minimum atomic E-state index is -4.78. The molecule has 5 rings (SSSR count). The molecule has 2 fully saturated rings. The molecule has 1 aromatic heterocycles. The molecule has 0 saturated carbocycles. The lowest BCUT2D eigenvalue weighted by Crippen LogP contribution is -2.54. The number of carbonyl (C=O) groups excluding carboxylic acids is 1. The number of hydrogen-bond donors (Lipinski definition) is 1. The maximum Gasteiger partial charge on any atom is 0.417 e. The van der Waals surface area contributed by atoms with Crippen molar-refractivity contribution >= 4 is 17.4 Å². The second kappa shape index (κ2) is 12.7. The van der Waals surface area contributed by atoms with Gasteiger partial charge in [-0.05, 0) is 69.7 Å². The number of halogens is 5. The van der Waals surface area contributed by atoms with Crippen LogP contribution >= 0.6 is 0 Å². The van der Waals surface area contributed by atoms with Crippen LogP contribution in [-0.2, 0) is 23.8 Å². The largest absolute Gasteiger partial charge is 0.462 e. The number of nitrogen functional groups attached to an aromatic ring is 1. The van der Waals surface area contributed by atoms with E-state index in [0.717, 1.165) is 11.6 Å². The fourth-order valence-electron chi connectivity index (χ4n) is 7.27. The van der Waals surface area contributed by atoms with Crippen molar-refractivity contribution in [2.24, 2.45) is 5.92 Å². The number of ether oxygens (including phenoxy) is 1. The maximum absolute atomic E-state index is 15.7. The van der Waals surface area contributed by atoms with Crippen molar-refractivity contribution in [2.45, 2.75) is 76.8 Å². The Bertz CT molecular complexity index is 1450. The molecule has 0 radical (unpaired) electrons. The highest BCUT2D eigenvalue weighted by atomic mass is 19.4. The Kier molecular flexibility index (Phi) is 9.30. The quantitative estimate of drug-likeness (QED) is 0.258. The number of nitrogens with zero attached hydrogens (tertiary/aromatic N) is 5. The lowest BCUT2D eigenvalue weighted by Gasteiger charge is -2.42. The topological polar surface area (TPSA) is 87.8 Å². The number of piperazine rings is 1. The van der Waals surface area contributed by atoms with Gasteiger partial charge in [0.2, 0.25) is 5.91 Å². The minimum absolute atomic E-state index is 0.0296. The molecular weight excluding hydrogens is 595 g/mol. The monoisotopic (exact) mass is 636 g/mol. The molecule has 13 heteroatoms. The van der Waals surface area contributed by atoms with Crippen LogP contribution in [0.3, 0.4) is 0 Å². The molecule has 1 amide bonds. The smallest absolute Gasteiger partial charge is 0.417 e. The summed E-state index contributed by atoms with van der Waals surface area (Å²) in [6.45, 7) is 10.5. The summed E-state index contributed by atoms with van der Waals surface area (Å²) in [7, 11) is 1.81. The number of nitrogens with two attached hydrogens (primary N) is 1. The highest BCUT2D eigenvalue weighted by Crippen LogP contribution is 2.48. The summed E-state index contributed by atoms with van der Waals surface area (Å²) in [6.07, 6.45) is -3.32. The van der Waals surface area contributed by atoms with E-state index in [9.17, 15) is 22.4 Å². The number of likely N-dealkylation sites (N-methyl/N-ethyl adjacent to an activating group) is 1. The third kappa shape index (κ3) is 6.45. The van der Waals surface area contributed by atoms with Crippen LogP contribution in [0.1, 0.15) is 60.6 Å². The number of anilines is 2. The van der Waals surface area contributed by atoms with E-state index in [4.69, 9.17) is 15.5 Å². The van der Waals surface area contributed by atoms with Crippen molar-refractivity contribution in [3.8, 4) is 6.01 Å². The van der Waals surface area contributed by atoms with E-state index in [1.54, 1.807) is 4.90 Å². The summed E-state index contributed by atoms with van der Waals surface area (Å²) in [5.41, 5.74) is 5.28. The summed E-state index contributed by atoms with van der Waals surface area (Å²) in [4.78, 5) is 27.5. The second-order valence-electron chi connectivity index (χ2n) is 12.6. The van der Waals surface area contributed by atoms with Crippen LogP contribution in [-0.4, -0.2) is 83.8 Å². The number of benzene rings is 1. The molecule has 2 aromatic rings. The molecule has 45 heavy (non-hydrogen) atoms. The van der Waals surface area contributed by atoms with E-state index < -0.39 is 35.2 Å². The van der Waals surface area contributed by atoms with Crippen molar-refractivity contribution in [3.05, 3.63) is 52.5 Å². The number of alkyl halides is 4. The van der Waals surface area contributed by atoms with Gasteiger partial charge in [0.25, 0.3) is 0 Å². The molecule has 5 unspecified atom stereocenters. The summed E-state index contributed by atoms with van der Waals surface area (Å²) >= 11 is 0. The summed E-state index contributed by atoms with van der Waals surface area (Å²) in [6, 6.07) is 0.731. The van der Waals surface area contributed by atoms with Gasteiger partial charge in [-0.3, -0.25) is 9.69 Å². The average molecular weight is 637 g/mol. The zero-order valence-corrected chi connectivity index (χ0v) is 26.1. The lowest BCUT2D eigenvalue weighted by atomic mass is 9.71. The van der Waals surface area contributed by atoms with Gasteiger partial charge in [-0.25, -0.2) is 8.78 Å². The molecule has 246 valence electrons. The standard InChI is InChI=1S/C32H41F5N6O2/c1-6-19-11-23-25(13-22(19)27-28(32(35,36)37)17(3)10-24(38)29(27)34)39-31(45-16-21-12-20(33)15-41(21)5)40-30(23)43-9-8-42(14-18(43)4)26(44)7-2/h7,10,18-22H,2,6,8-9,11-16,38H2,1,3-5H3. The van der Waals surface area contributed by atoms with Crippen molar-refractivity contribution in [3.63, 3.8) is 0 Å². The van der Waals surface area contributed by atoms with Crippen molar-refractivity contribution in [1.82, 2.24) is 19.8 Å². The summed E-state index contributed by atoms with van der Waals surface area (Å²) in [5, 5.41) is 0. The zero-order valence-electron chi connectivity index (χ0n) is 26.1. The van der Waals surface area contributed by atoms with Gasteiger partial charge in [-0.2, -0.15) is 23.1 Å². The number of amides is 1. The van der Waals surface area contributed by atoms with Crippen LogP contribution in [0.2, 0.25) is 0 Å². The van der Waals surface area contributed by atoms with Gasteiger partial charge in [0.05, 0.1) is 16.9 Å². The van der Waals surface area contributed by atoms with Gasteiger partial charge in [0.15, 0.2) is 0 Å². The Balaban J connectivity index is 1.58. The van der Waals surface area contributed by atoms with Gasteiger partial charge >= 0.3 is 12.2 Å². The van der Waals surface area contributed by atoms with E-state index in [1.165, 1.54) is 13.0 Å². The lowest BCUT2D eigenvalue weighted by molar-refractivity contribution is -0.139. The first-order valence-corrected chi connectivity index (χ1v) is 15.4. The Morgan fingerprint density at radius 1 is 1.22 bits per heavy atom. The third-order valence-electron chi connectivity index (χ3n) is 9.63. The summed E-state index contributed by atoms with van der Waals surface area (Å²) < 4.78 is 79.0. The first-order valence-electron chi connectivity index (χ1n) is 15.4. The molecule has 1 aromatic carbocycles. The van der Waals surface area contributed by atoms with Gasteiger partial charge in [-0.1, -0.05) is 19.9 Å². The van der Waals surface area contributed by atoms with E-state index >= 15 is 4.39 Å². The minimum Gasteiger partial charge on any atom is -0.462 e. The van der Waals surface area contributed by atoms with Crippen LogP contribution < -0.4 is 15.4 Å². The van der Waals surface area contributed by atoms with Crippen LogP contribution in [0, 0.1) is 18.7 Å². The Labute approximate surface area is 260 Å². The van der Waals surface area contributed by atoms with Crippen LogP contribution in [0.15, 0.2) is 18.7 Å². The Hall–Kier alpha value is -3.48. The molecule has 0 spiro atoms. The molecule has 3 aliphatic rings. The fourth-order valence-corrected chi connectivity index (χ4v) is 7.27. The van der Waals surface area contributed by atoms with E-state index in [-0.39, 0.29) is 54.2 Å². The molecule has 0 bridgehead atoms. The van der Waals surface area contributed by atoms with Gasteiger partial charge in [-0.15, -0.1) is 0 Å². The Morgan fingerprint density at radius 2 is 1.96 bits per heavy atom. The number of aromatic nitrogens is 2. The number of aryl methyl sites for hydroxylation is 1. The predicted molar refractivity (Wildman–Crippen MR) is 162 cm³/mol. The first-order chi connectivity index (χ1) is 21.2. The van der Waals surface area contributed by atoms with Gasteiger partial charge in [0, 0.05) is 49.4 Å². The van der Waals surface area contributed by atoms with Gasteiger partial charge in [0.1, 0.15) is 24.4 Å². The molecule has 8 nitrogen and oxygen atoms in total. The van der Waals surface area contributed by atoms with E-state index in [1.807, 2.05) is 25.8 Å². The van der Waals surface area contributed by atoms with Crippen LogP contribution in [0.4, 0.5) is 33.5 Å². The van der Waals surface area contributed by atoms with Crippen LogP contribution in [0.5, 0.6) is 6.01 Å². The normalized spacial score (nSPS) is 25.8. The first kappa shape index (κ1) is 32.9. The molecule has 2 saturated heterocycles. The molecule has 2 N–H and O–H groups in total. The molecule has 1 aliphatic carbocycles. The number of hydrogen-bond acceptors (Lipinski definition) is 7. The number of rotatable bonds is 7. The summed E-state index contributed by atoms with van der Waals surface area (Å²) in [5.74, 6) is -1.82. The number of carbonyl (C=O) groups is 1. The fraction of sp³-hybridized carbons (Fsp3) is 0.594. The average Bonchev–Trinajstić information content (AvgIpc) is 3.31.